The van der Waals surface area contributed by atoms with Gasteiger partial charge in [-0.15, -0.1) is 0 Å². The van der Waals surface area contributed by atoms with Gasteiger partial charge in [-0.25, -0.2) is 13.2 Å². The second kappa shape index (κ2) is 10.9. The number of carbonyl (C=O) groups excluding carboxylic acids is 2. The summed E-state index contributed by atoms with van der Waals surface area (Å²) < 4.78 is 36.3. The molecule has 0 heterocycles. The smallest absolute Gasteiger partial charge is 0.411 e. The Bertz CT molecular complexity index is 1020. The molecule has 0 aliphatic carbocycles. The number of rotatable bonds is 9. The fourth-order valence-corrected chi connectivity index (χ4v) is 3.91. The standard InChI is InChI=1S/C21H27N3O6S/c1-15(2)24(3)31(27,28)19-10-5-7-16(13-19)20(25)22-17-8-6-9-18(14-17)23-21(26)30-12-11-29-4/h5-10,13-15H,11-12H2,1-4H3,(H,22,25)(H,23,26). The molecule has 0 aromatic heterocycles. The summed E-state index contributed by atoms with van der Waals surface area (Å²) in [6.45, 7) is 3.93. The fraction of sp³-hybridized carbons (Fsp3) is 0.333. The average Bonchev–Trinajstić information content (AvgIpc) is 2.73. The maximum atomic E-state index is 12.7. The van der Waals surface area contributed by atoms with Gasteiger partial charge in [0.2, 0.25) is 10.0 Å². The van der Waals surface area contributed by atoms with Crippen molar-refractivity contribution >= 4 is 33.4 Å². The van der Waals surface area contributed by atoms with Gasteiger partial charge in [0.1, 0.15) is 6.61 Å². The minimum Gasteiger partial charge on any atom is -0.447 e. The van der Waals surface area contributed by atoms with Gasteiger partial charge in [0.25, 0.3) is 5.91 Å². The highest BCUT2D eigenvalue weighted by atomic mass is 32.2. The van der Waals surface area contributed by atoms with E-state index in [1.54, 1.807) is 38.1 Å². The van der Waals surface area contributed by atoms with Crippen LogP contribution in [0.3, 0.4) is 0 Å². The van der Waals surface area contributed by atoms with Gasteiger partial charge in [0.05, 0.1) is 11.5 Å². The molecule has 31 heavy (non-hydrogen) atoms. The molecule has 168 valence electrons. The van der Waals surface area contributed by atoms with Gasteiger partial charge in [0.15, 0.2) is 0 Å². The van der Waals surface area contributed by atoms with Gasteiger partial charge in [0, 0.05) is 37.1 Å². The number of anilines is 2. The maximum absolute atomic E-state index is 12.7. The molecule has 0 radical (unpaired) electrons. The van der Waals surface area contributed by atoms with Crippen LogP contribution in [0.5, 0.6) is 0 Å². The first-order chi connectivity index (χ1) is 14.6. The number of ether oxygens (including phenoxy) is 2. The predicted molar refractivity (Wildman–Crippen MR) is 118 cm³/mol. The highest BCUT2D eigenvalue weighted by Crippen LogP contribution is 2.20. The van der Waals surface area contributed by atoms with Crippen molar-refractivity contribution in [2.45, 2.75) is 24.8 Å². The van der Waals surface area contributed by atoms with Crippen LogP contribution in [0.4, 0.5) is 16.2 Å². The van der Waals surface area contributed by atoms with Crippen LogP contribution in [0.25, 0.3) is 0 Å². The molecule has 0 saturated carbocycles. The van der Waals surface area contributed by atoms with Crippen LogP contribution < -0.4 is 10.6 Å². The fourth-order valence-electron chi connectivity index (χ4n) is 2.49. The van der Waals surface area contributed by atoms with Crippen molar-refractivity contribution in [1.82, 2.24) is 4.31 Å². The number of hydrogen-bond acceptors (Lipinski definition) is 6. The summed E-state index contributed by atoms with van der Waals surface area (Å²) in [4.78, 5) is 24.4. The molecule has 2 rings (SSSR count). The monoisotopic (exact) mass is 449 g/mol. The highest BCUT2D eigenvalue weighted by Gasteiger charge is 2.24. The molecule has 2 amide bonds. The molecule has 10 heteroatoms. The van der Waals surface area contributed by atoms with Crippen molar-refractivity contribution < 1.29 is 27.5 Å². The van der Waals surface area contributed by atoms with E-state index >= 15 is 0 Å². The van der Waals surface area contributed by atoms with E-state index < -0.39 is 22.0 Å². The first-order valence-corrected chi connectivity index (χ1v) is 11.0. The molecule has 9 nitrogen and oxygen atoms in total. The summed E-state index contributed by atoms with van der Waals surface area (Å²) in [5.41, 5.74) is 1.04. The van der Waals surface area contributed by atoms with Crippen LogP contribution in [-0.4, -0.2) is 58.1 Å². The van der Waals surface area contributed by atoms with E-state index in [4.69, 9.17) is 9.47 Å². The van der Waals surface area contributed by atoms with Gasteiger partial charge in [-0.3, -0.25) is 10.1 Å². The largest absolute Gasteiger partial charge is 0.447 e. The summed E-state index contributed by atoms with van der Waals surface area (Å²) >= 11 is 0. The molecular formula is C21H27N3O6S. The zero-order valence-corrected chi connectivity index (χ0v) is 18.7. The first-order valence-electron chi connectivity index (χ1n) is 9.57. The number of sulfonamides is 1. The molecule has 0 aliphatic rings. The molecule has 0 atom stereocenters. The zero-order chi connectivity index (χ0) is 23.0. The lowest BCUT2D eigenvalue weighted by Gasteiger charge is -2.21. The molecule has 2 aromatic carbocycles. The quantitative estimate of drug-likeness (QED) is 0.569. The second-order valence-electron chi connectivity index (χ2n) is 6.93. The van der Waals surface area contributed by atoms with E-state index in [1.807, 2.05) is 0 Å². The zero-order valence-electron chi connectivity index (χ0n) is 17.9. The van der Waals surface area contributed by atoms with Crippen molar-refractivity contribution in [3.8, 4) is 0 Å². The van der Waals surface area contributed by atoms with Crippen LogP contribution in [0.1, 0.15) is 24.2 Å². The topological polar surface area (TPSA) is 114 Å². The average molecular weight is 450 g/mol. The van der Waals surface area contributed by atoms with Crippen LogP contribution in [-0.2, 0) is 19.5 Å². The summed E-state index contributed by atoms with van der Waals surface area (Å²) in [7, 11) is -0.721. The lowest BCUT2D eigenvalue weighted by atomic mass is 10.2. The van der Waals surface area contributed by atoms with Crippen LogP contribution in [0, 0.1) is 0 Å². The molecule has 0 bridgehead atoms. The Hall–Kier alpha value is -2.95. The number of carbonyl (C=O) groups is 2. The molecule has 0 unspecified atom stereocenters. The van der Waals surface area contributed by atoms with Crippen LogP contribution >= 0.6 is 0 Å². The Morgan fingerprint density at radius 1 is 1.00 bits per heavy atom. The third-order valence-electron chi connectivity index (χ3n) is 4.39. The van der Waals surface area contributed by atoms with E-state index in [-0.39, 0.29) is 29.7 Å². The maximum Gasteiger partial charge on any atom is 0.411 e. The van der Waals surface area contributed by atoms with E-state index in [0.29, 0.717) is 11.4 Å². The Morgan fingerprint density at radius 3 is 2.29 bits per heavy atom. The predicted octanol–water partition coefficient (Wildman–Crippen LogP) is 3.16. The Kier molecular flexibility index (Phi) is 8.55. The number of hydrogen-bond donors (Lipinski definition) is 2. The molecule has 0 fully saturated rings. The van der Waals surface area contributed by atoms with Gasteiger partial charge in [-0.1, -0.05) is 12.1 Å². The van der Waals surface area contributed by atoms with Crippen molar-refractivity contribution in [2.24, 2.45) is 0 Å². The Morgan fingerprint density at radius 2 is 1.65 bits per heavy atom. The Balaban J connectivity index is 2.11. The van der Waals surface area contributed by atoms with E-state index in [1.165, 1.54) is 42.7 Å². The number of benzene rings is 2. The number of amides is 2. The van der Waals surface area contributed by atoms with Gasteiger partial charge in [-0.05, 0) is 50.2 Å². The van der Waals surface area contributed by atoms with Crippen LogP contribution in [0.15, 0.2) is 53.4 Å². The van der Waals surface area contributed by atoms with Crippen molar-refractivity contribution in [2.75, 3.05) is 38.0 Å². The molecule has 0 spiro atoms. The summed E-state index contributed by atoms with van der Waals surface area (Å²) in [6, 6.07) is 12.1. The minimum absolute atomic E-state index is 0.0329. The lowest BCUT2D eigenvalue weighted by Crippen LogP contribution is -2.33. The van der Waals surface area contributed by atoms with Crippen molar-refractivity contribution in [3.63, 3.8) is 0 Å². The van der Waals surface area contributed by atoms with E-state index in [2.05, 4.69) is 10.6 Å². The van der Waals surface area contributed by atoms with Gasteiger partial charge < -0.3 is 14.8 Å². The van der Waals surface area contributed by atoms with Crippen molar-refractivity contribution in [3.05, 3.63) is 54.1 Å². The molecule has 2 N–H and O–H groups in total. The normalized spacial score (nSPS) is 11.4. The third-order valence-corrected chi connectivity index (χ3v) is 6.42. The van der Waals surface area contributed by atoms with Crippen molar-refractivity contribution in [1.29, 1.82) is 0 Å². The van der Waals surface area contributed by atoms with E-state index in [0.717, 1.165) is 0 Å². The first kappa shape index (κ1) is 24.3. The lowest BCUT2D eigenvalue weighted by molar-refractivity contribution is 0.102. The number of nitrogens with one attached hydrogen (secondary N) is 2. The van der Waals surface area contributed by atoms with Crippen LogP contribution in [0.2, 0.25) is 0 Å². The Labute approximate surface area is 182 Å². The van der Waals surface area contributed by atoms with Gasteiger partial charge >= 0.3 is 6.09 Å². The highest BCUT2D eigenvalue weighted by molar-refractivity contribution is 7.89. The molecular weight excluding hydrogens is 422 g/mol. The second-order valence-corrected chi connectivity index (χ2v) is 8.93. The number of nitrogens with zero attached hydrogens (tertiary/aromatic N) is 1. The van der Waals surface area contributed by atoms with E-state index in [9.17, 15) is 18.0 Å². The summed E-state index contributed by atoms with van der Waals surface area (Å²) in [5.74, 6) is -0.482. The molecule has 2 aromatic rings. The summed E-state index contributed by atoms with van der Waals surface area (Å²) in [5, 5.41) is 5.25. The molecule has 0 aliphatic heterocycles. The summed E-state index contributed by atoms with van der Waals surface area (Å²) in [6.07, 6.45) is -0.646. The molecule has 0 saturated heterocycles. The SMILES string of the molecule is COCCOC(=O)Nc1cccc(NC(=O)c2cccc(S(=O)(=O)N(C)C(C)C)c2)c1. The third kappa shape index (κ3) is 6.78. The minimum atomic E-state index is -3.71. The van der Waals surface area contributed by atoms with Gasteiger partial charge in [-0.2, -0.15) is 4.31 Å². The number of methoxy groups -OCH3 is 1.